The Hall–Kier alpha value is -1.67. The summed E-state index contributed by atoms with van der Waals surface area (Å²) >= 11 is 0. The van der Waals surface area contributed by atoms with Crippen molar-refractivity contribution in [3.63, 3.8) is 0 Å². The van der Waals surface area contributed by atoms with Crippen LogP contribution in [0.25, 0.3) is 0 Å². The molecule has 0 aromatic rings. The molecule has 0 saturated carbocycles. The molecule has 0 aromatic heterocycles. The highest BCUT2D eigenvalue weighted by Gasteiger charge is 2.23. The zero-order valence-electron chi connectivity index (χ0n) is 8.29. The molecule has 0 radical (unpaired) electrons. The van der Waals surface area contributed by atoms with Crippen LogP contribution in [-0.2, 0) is 23.9 Å². The average Bonchev–Trinajstić information content (AvgIpc) is 2.16. The molecule has 1 saturated heterocycles. The van der Waals surface area contributed by atoms with Gasteiger partial charge in [0.15, 0.2) is 6.61 Å². The van der Waals surface area contributed by atoms with E-state index in [1.807, 2.05) is 0 Å². The van der Waals surface area contributed by atoms with E-state index in [1.54, 1.807) is 0 Å². The minimum atomic E-state index is -1.51. The number of nitrogens with zero attached hydrogens (tertiary/aromatic N) is 1. The Morgan fingerprint density at radius 1 is 1.38 bits per heavy atom. The molecule has 0 aliphatic carbocycles. The lowest BCUT2D eigenvalue weighted by Gasteiger charge is -2.15. The molecule has 8 nitrogen and oxygen atoms in total. The number of rotatable bonds is 2. The number of esters is 2. The van der Waals surface area contributed by atoms with Crippen LogP contribution in [0.2, 0.25) is 0 Å². The van der Waals surface area contributed by atoms with E-state index in [0.29, 0.717) is 0 Å². The lowest BCUT2D eigenvalue weighted by atomic mass is 10.4. The molecule has 1 unspecified atom stereocenters. The minimum absolute atomic E-state index is 0.339. The molecule has 16 heavy (non-hydrogen) atoms. The van der Waals surface area contributed by atoms with Gasteiger partial charge in [-0.2, -0.15) is 0 Å². The third-order valence-corrected chi connectivity index (χ3v) is 1.72. The molecule has 1 atom stereocenters. The quantitative estimate of drug-likeness (QED) is 0.516. The summed E-state index contributed by atoms with van der Waals surface area (Å²) in [5, 5.41) is 17.6. The van der Waals surface area contributed by atoms with Gasteiger partial charge < -0.3 is 19.7 Å². The van der Waals surface area contributed by atoms with Crippen LogP contribution in [0.1, 0.15) is 0 Å². The molecule has 0 amide bonds. The van der Waals surface area contributed by atoms with Crippen molar-refractivity contribution in [2.24, 2.45) is 0 Å². The monoisotopic (exact) mass is 233 g/mol. The largest absolute Gasteiger partial charge is 0.480 e. The summed E-state index contributed by atoms with van der Waals surface area (Å²) in [5.74, 6) is -2.72. The number of carboxylic acid groups (broad SMARTS) is 1. The highest BCUT2D eigenvalue weighted by atomic mass is 16.7. The van der Waals surface area contributed by atoms with Gasteiger partial charge in [0.25, 0.3) is 0 Å². The minimum Gasteiger partial charge on any atom is -0.480 e. The zero-order valence-corrected chi connectivity index (χ0v) is 8.29. The second-order valence-corrected chi connectivity index (χ2v) is 3.17. The van der Waals surface area contributed by atoms with Crippen molar-refractivity contribution in [1.29, 1.82) is 0 Å². The molecule has 1 aliphatic heterocycles. The van der Waals surface area contributed by atoms with Crippen LogP contribution in [-0.4, -0.2) is 65.6 Å². The fourth-order valence-electron chi connectivity index (χ4n) is 1.16. The summed E-state index contributed by atoms with van der Waals surface area (Å²) in [5.41, 5.74) is 0. The number of aliphatic carboxylic acids is 1. The van der Waals surface area contributed by atoms with Crippen LogP contribution in [0.5, 0.6) is 0 Å². The van der Waals surface area contributed by atoms with Gasteiger partial charge in [0, 0.05) is 0 Å². The molecule has 90 valence electrons. The van der Waals surface area contributed by atoms with Crippen molar-refractivity contribution < 1.29 is 34.1 Å². The maximum Gasteiger partial charge on any atom is 0.322 e. The topological polar surface area (TPSA) is 113 Å². The number of hydrogen-bond donors (Lipinski definition) is 2. The van der Waals surface area contributed by atoms with Crippen LogP contribution in [0, 0.1) is 0 Å². The van der Waals surface area contributed by atoms with E-state index in [0.717, 1.165) is 4.90 Å². The predicted octanol–water partition coefficient (Wildman–Crippen LogP) is -2.21. The van der Waals surface area contributed by atoms with E-state index >= 15 is 0 Å². The SMILES string of the molecule is O=C(O)CN1CC(=O)OCC(O)OC(=O)C1. The molecule has 1 fully saturated rings. The smallest absolute Gasteiger partial charge is 0.322 e. The number of ether oxygens (including phenoxy) is 2. The summed E-state index contributed by atoms with van der Waals surface area (Å²) in [7, 11) is 0. The summed E-state index contributed by atoms with van der Waals surface area (Å²) in [4.78, 5) is 33.7. The van der Waals surface area contributed by atoms with E-state index < -0.39 is 43.9 Å². The van der Waals surface area contributed by atoms with Crippen LogP contribution >= 0.6 is 0 Å². The molecule has 8 heteroatoms. The van der Waals surface area contributed by atoms with Gasteiger partial charge in [0.2, 0.25) is 6.29 Å². The zero-order chi connectivity index (χ0) is 12.1. The fourth-order valence-corrected chi connectivity index (χ4v) is 1.16. The van der Waals surface area contributed by atoms with Gasteiger partial charge in [0.1, 0.15) is 0 Å². The number of aliphatic hydroxyl groups is 1. The van der Waals surface area contributed by atoms with Crippen molar-refractivity contribution in [2.45, 2.75) is 6.29 Å². The molecule has 1 heterocycles. The Kier molecular flexibility index (Phi) is 4.20. The maximum absolute atomic E-state index is 11.1. The Morgan fingerprint density at radius 3 is 2.62 bits per heavy atom. The molecule has 1 aliphatic rings. The van der Waals surface area contributed by atoms with E-state index in [1.165, 1.54) is 0 Å². The number of hydrogen-bond acceptors (Lipinski definition) is 7. The van der Waals surface area contributed by atoms with E-state index in [-0.39, 0.29) is 6.54 Å². The van der Waals surface area contributed by atoms with Crippen LogP contribution in [0.4, 0.5) is 0 Å². The van der Waals surface area contributed by atoms with Crippen molar-refractivity contribution >= 4 is 17.9 Å². The fraction of sp³-hybridized carbons (Fsp3) is 0.625. The molecule has 0 spiro atoms. The first kappa shape index (κ1) is 12.4. The van der Waals surface area contributed by atoms with Crippen molar-refractivity contribution in [1.82, 2.24) is 4.90 Å². The summed E-state index contributed by atoms with van der Waals surface area (Å²) in [6, 6.07) is 0. The Labute approximate surface area is 90.3 Å². The second-order valence-electron chi connectivity index (χ2n) is 3.17. The lowest BCUT2D eigenvalue weighted by Crippen LogP contribution is -2.38. The van der Waals surface area contributed by atoms with Gasteiger partial charge in [-0.1, -0.05) is 0 Å². The highest BCUT2D eigenvalue weighted by Crippen LogP contribution is 1.99. The molecule has 0 aromatic carbocycles. The first-order valence-corrected chi connectivity index (χ1v) is 4.44. The molecular weight excluding hydrogens is 222 g/mol. The Bertz CT molecular complexity index is 303. The first-order chi connectivity index (χ1) is 7.47. The number of carbonyl (C=O) groups excluding carboxylic acids is 2. The molecule has 2 N–H and O–H groups in total. The van der Waals surface area contributed by atoms with Gasteiger partial charge >= 0.3 is 17.9 Å². The lowest BCUT2D eigenvalue weighted by molar-refractivity contribution is -0.178. The van der Waals surface area contributed by atoms with E-state index in [2.05, 4.69) is 9.47 Å². The average molecular weight is 233 g/mol. The van der Waals surface area contributed by atoms with Crippen LogP contribution in [0.3, 0.4) is 0 Å². The highest BCUT2D eigenvalue weighted by molar-refractivity contribution is 5.77. The van der Waals surface area contributed by atoms with Crippen LogP contribution in [0.15, 0.2) is 0 Å². The number of carboxylic acids is 1. The maximum atomic E-state index is 11.1. The van der Waals surface area contributed by atoms with Crippen molar-refractivity contribution in [2.75, 3.05) is 26.2 Å². The third kappa shape index (κ3) is 4.24. The number of aliphatic hydroxyl groups excluding tert-OH is 1. The van der Waals surface area contributed by atoms with Gasteiger partial charge in [-0.05, 0) is 0 Å². The van der Waals surface area contributed by atoms with Gasteiger partial charge in [-0.3, -0.25) is 19.3 Å². The molecular formula is C8H11NO7. The number of cyclic esters (lactones) is 2. The summed E-state index contributed by atoms with van der Waals surface area (Å²) in [6.45, 7) is -1.67. The normalized spacial score (nSPS) is 23.7. The van der Waals surface area contributed by atoms with E-state index in [9.17, 15) is 14.4 Å². The van der Waals surface area contributed by atoms with E-state index in [4.69, 9.17) is 10.2 Å². The van der Waals surface area contributed by atoms with Gasteiger partial charge in [-0.25, -0.2) is 0 Å². The van der Waals surface area contributed by atoms with Crippen molar-refractivity contribution in [3.05, 3.63) is 0 Å². The summed E-state index contributed by atoms with van der Waals surface area (Å²) in [6.07, 6.45) is -1.51. The van der Waals surface area contributed by atoms with Crippen molar-refractivity contribution in [3.8, 4) is 0 Å². The molecule has 0 bridgehead atoms. The molecule has 1 rings (SSSR count). The Balaban J connectivity index is 2.65. The predicted molar refractivity (Wildman–Crippen MR) is 47.1 cm³/mol. The third-order valence-electron chi connectivity index (χ3n) is 1.72. The standard InChI is InChI=1S/C8H11NO7/c10-5(11)1-9-2-6(12)15-4-8(14)16-7(13)3-9/h8,14H,1-4H2,(H,10,11). The Morgan fingerprint density at radius 2 is 2.00 bits per heavy atom. The van der Waals surface area contributed by atoms with Gasteiger partial charge in [0.05, 0.1) is 19.6 Å². The van der Waals surface area contributed by atoms with Crippen LogP contribution < -0.4 is 0 Å². The second kappa shape index (κ2) is 5.42. The summed E-state index contributed by atoms with van der Waals surface area (Å²) < 4.78 is 8.97. The first-order valence-electron chi connectivity index (χ1n) is 4.44. The number of carbonyl (C=O) groups is 3. The van der Waals surface area contributed by atoms with Gasteiger partial charge in [-0.15, -0.1) is 0 Å².